The van der Waals surface area contributed by atoms with Gasteiger partial charge in [-0.1, -0.05) is 0 Å². The van der Waals surface area contributed by atoms with Crippen LogP contribution in [0.5, 0.6) is 0 Å². The third-order valence-electron chi connectivity index (χ3n) is 2.53. The van der Waals surface area contributed by atoms with E-state index >= 15 is 0 Å². The van der Waals surface area contributed by atoms with Crippen LogP contribution in [-0.4, -0.2) is 29.3 Å². The number of carbonyl (C=O) groups is 1. The fraction of sp³-hybridized carbons (Fsp3) is 0.556. The number of aromatic nitrogens is 2. The maximum absolute atomic E-state index is 10.6. The van der Waals surface area contributed by atoms with Crippen LogP contribution in [0.1, 0.15) is 29.2 Å². The molecule has 14 heavy (non-hydrogen) atoms. The maximum Gasteiger partial charge on any atom is 0.155 e. The molecule has 1 fully saturated rings. The monoisotopic (exact) mass is 195 g/mol. The first-order valence-corrected chi connectivity index (χ1v) is 4.69. The van der Waals surface area contributed by atoms with Crippen molar-refractivity contribution in [1.29, 1.82) is 0 Å². The van der Waals surface area contributed by atoms with Gasteiger partial charge in [-0.25, -0.2) is 4.68 Å². The minimum absolute atomic E-state index is 0.275. The van der Waals surface area contributed by atoms with Gasteiger partial charge in [0.25, 0.3) is 0 Å². The lowest BCUT2D eigenvalue weighted by Gasteiger charge is -2.23. The lowest BCUT2D eigenvalue weighted by molar-refractivity contribution is 0.0669. The first kappa shape index (κ1) is 9.21. The summed E-state index contributed by atoms with van der Waals surface area (Å²) in [5.41, 5.74) is 6.24. The third-order valence-corrected chi connectivity index (χ3v) is 2.53. The van der Waals surface area contributed by atoms with Gasteiger partial charge in [0.1, 0.15) is 5.82 Å². The quantitative estimate of drug-likeness (QED) is 0.702. The first-order chi connectivity index (χ1) is 6.83. The molecular formula is C9H13N3O2. The van der Waals surface area contributed by atoms with Crippen molar-refractivity contribution in [3.8, 4) is 0 Å². The van der Waals surface area contributed by atoms with Crippen LogP contribution >= 0.6 is 0 Å². The summed E-state index contributed by atoms with van der Waals surface area (Å²) in [6.45, 7) is 1.47. The summed E-state index contributed by atoms with van der Waals surface area (Å²) in [5, 5.41) is 4.12. The zero-order chi connectivity index (χ0) is 9.97. The van der Waals surface area contributed by atoms with E-state index in [2.05, 4.69) is 5.10 Å². The smallest absolute Gasteiger partial charge is 0.155 e. The Labute approximate surface area is 81.8 Å². The summed E-state index contributed by atoms with van der Waals surface area (Å²) in [6.07, 6.45) is 4.06. The van der Waals surface area contributed by atoms with E-state index in [9.17, 15) is 4.79 Å². The van der Waals surface area contributed by atoms with Crippen molar-refractivity contribution < 1.29 is 9.53 Å². The normalized spacial score (nSPS) is 18.3. The molecule has 0 amide bonds. The Kier molecular flexibility index (Phi) is 2.49. The Hall–Kier alpha value is -1.36. The number of rotatable bonds is 2. The Bertz CT molecular complexity index is 329. The van der Waals surface area contributed by atoms with E-state index in [-0.39, 0.29) is 6.04 Å². The number of aldehydes is 1. The Balaban J connectivity index is 2.22. The van der Waals surface area contributed by atoms with Crippen LogP contribution in [0.3, 0.4) is 0 Å². The van der Waals surface area contributed by atoms with Gasteiger partial charge in [0.2, 0.25) is 0 Å². The zero-order valence-corrected chi connectivity index (χ0v) is 7.85. The molecule has 1 aliphatic heterocycles. The molecule has 0 aromatic carbocycles. The standard InChI is InChI=1S/C9H13N3O2/c10-9-7(6-13)5-11-12(9)8-1-3-14-4-2-8/h5-6,8H,1-4,10H2. The molecule has 2 heterocycles. The molecule has 2 rings (SSSR count). The number of anilines is 1. The highest BCUT2D eigenvalue weighted by Gasteiger charge is 2.19. The summed E-state index contributed by atoms with van der Waals surface area (Å²) >= 11 is 0. The van der Waals surface area contributed by atoms with Gasteiger partial charge in [-0.05, 0) is 12.8 Å². The molecule has 76 valence electrons. The van der Waals surface area contributed by atoms with Gasteiger partial charge < -0.3 is 10.5 Å². The topological polar surface area (TPSA) is 70.1 Å². The largest absolute Gasteiger partial charge is 0.383 e. The van der Waals surface area contributed by atoms with Crippen molar-refractivity contribution in [2.75, 3.05) is 18.9 Å². The fourth-order valence-electron chi connectivity index (χ4n) is 1.70. The second-order valence-corrected chi connectivity index (χ2v) is 3.39. The molecule has 1 aromatic heterocycles. The van der Waals surface area contributed by atoms with Crippen LogP contribution in [0.25, 0.3) is 0 Å². The number of ether oxygens (including phenoxy) is 1. The van der Waals surface area contributed by atoms with Crippen molar-refractivity contribution in [3.05, 3.63) is 11.8 Å². The average Bonchev–Trinajstić information content (AvgIpc) is 2.61. The average molecular weight is 195 g/mol. The number of nitrogens with two attached hydrogens (primary N) is 1. The van der Waals surface area contributed by atoms with Gasteiger partial charge in [-0.2, -0.15) is 5.10 Å². The van der Waals surface area contributed by atoms with Crippen LogP contribution in [-0.2, 0) is 4.74 Å². The van der Waals surface area contributed by atoms with E-state index in [1.54, 1.807) is 4.68 Å². The molecule has 5 heteroatoms. The van der Waals surface area contributed by atoms with Gasteiger partial charge in [0.15, 0.2) is 6.29 Å². The van der Waals surface area contributed by atoms with Crippen LogP contribution in [0.4, 0.5) is 5.82 Å². The Morgan fingerprint density at radius 3 is 2.86 bits per heavy atom. The second kappa shape index (κ2) is 3.79. The zero-order valence-electron chi connectivity index (χ0n) is 7.85. The van der Waals surface area contributed by atoms with Crippen LogP contribution in [0.15, 0.2) is 6.20 Å². The molecule has 0 spiro atoms. The highest BCUT2D eigenvalue weighted by molar-refractivity contribution is 5.81. The number of hydrogen-bond donors (Lipinski definition) is 1. The van der Waals surface area contributed by atoms with Crippen LogP contribution in [0, 0.1) is 0 Å². The second-order valence-electron chi connectivity index (χ2n) is 3.39. The van der Waals surface area contributed by atoms with E-state index in [0.717, 1.165) is 32.3 Å². The van der Waals surface area contributed by atoms with Gasteiger partial charge in [-0.15, -0.1) is 0 Å². The molecule has 0 bridgehead atoms. The number of nitrogen functional groups attached to an aromatic ring is 1. The van der Waals surface area contributed by atoms with Gasteiger partial charge in [0.05, 0.1) is 17.8 Å². The van der Waals surface area contributed by atoms with Crippen molar-refractivity contribution in [1.82, 2.24) is 9.78 Å². The summed E-state index contributed by atoms with van der Waals surface area (Å²) in [7, 11) is 0. The van der Waals surface area contributed by atoms with Gasteiger partial charge >= 0.3 is 0 Å². The van der Waals surface area contributed by atoms with Crippen molar-refractivity contribution >= 4 is 12.1 Å². The molecule has 0 saturated carbocycles. The highest BCUT2D eigenvalue weighted by atomic mass is 16.5. The van der Waals surface area contributed by atoms with Crippen LogP contribution < -0.4 is 5.73 Å². The maximum atomic E-state index is 10.6. The summed E-state index contributed by atoms with van der Waals surface area (Å²) in [4.78, 5) is 10.6. The molecule has 5 nitrogen and oxygen atoms in total. The lowest BCUT2D eigenvalue weighted by atomic mass is 10.1. The molecule has 0 atom stereocenters. The first-order valence-electron chi connectivity index (χ1n) is 4.69. The highest BCUT2D eigenvalue weighted by Crippen LogP contribution is 2.23. The Morgan fingerprint density at radius 2 is 2.29 bits per heavy atom. The molecule has 1 aliphatic rings. The molecule has 2 N–H and O–H groups in total. The third kappa shape index (κ3) is 1.50. The number of hydrogen-bond acceptors (Lipinski definition) is 4. The van der Waals surface area contributed by atoms with E-state index in [4.69, 9.17) is 10.5 Å². The summed E-state index contributed by atoms with van der Waals surface area (Å²) in [5.74, 6) is 0.465. The van der Waals surface area contributed by atoms with Crippen molar-refractivity contribution in [2.45, 2.75) is 18.9 Å². The van der Waals surface area contributed by atoms with E-state index < -0.39 is 0 Å². The number of carbonyl (C=O) groups excluding carboxylic acids is 1. The van der Waals surface area contributed by atoms with E-state index in [1.165, 1.54) is 6.20 Å². The predicted octanol–water partition coefficient (Wildman–Crippen LogP) is 0.629. The molecule has 0 unspecified atom stereocenters. The molecule has 0 aliphatic carbocycles. The minimum Gasteiger partial charge on any atom is -0.383 e. The van der Waals surface area contributed by atoms with Gasteiger partial charge in [0, 0.05) is 13.2 Å². The summed E-state index contributed by atoms with van der Waals surface area (Å²) < 4.78 is 6.97. The SMILES string of the molecule is Nc1c(C=O)cnn1C1CCOCC1. The van der Waals surface area contributed by atoms with Crippen LogP contribution in [0.2, 0.25) is 0 Å². The van der Waals surface area contributed by atoms with Gasteiger partial charge in [-0.3, -0.25) is 4.79 Å². The molecular weight excluding hydrogens is 182 g/mol. The van der Waals surface area contributed by atoms with Crippen molar-refractivity contribution in [2.24, 2.45) is 0 Å². The van der Waals surface area contributed by atoms with Crippen molar-refractivity contribution in [3.63, 3.8) is 0 Å². The predicted molar refractivity (Wildman–Crippen MR) is 51.1 cm³/mol. The minimum atomic E-state index is 0.275. The Morgan fingerprint density at radius 1 is 1.57 bits per heavy atom. The number of nitrogens with zero attached hydrogens (tertiary/aromatic N) is 2. The molecule has 1 saturated heterocycles. The van der Waals surface area contributed by atoms with E-state index in [1.807, 2.05) is 0 Å². The lowest BCUT2D eigenvalue weighted by Crippen LogP contribution is -2.21. The van der Waals surface area contributed by atoms with E-state index in [0.29, 0.717) is 11.4 Å². The molecule has 0 radical (unpaired) electrons. The summed E-state index contributed by atoms with van der Waals surface area (Å²) in [6, 6.07) is 0.275. The fourth-order valence-corrected chi connectivity index (χ4v) is 1.70. The molecule has 1 aromatic rings.